The van der Waals surface area contributed by atoms with Crippen LogP contribution in [0.3, 0.4) is 0 Å². The maximum Gasteiger partial charge on any atom is 0.500 e. The average Bonchev–Trinajstić information content (AvgIpc) is 2.95. The lowest BCUT2D eigenvalue weighted by atomic mass is 10.0. The molecule has 0 aromatic heterocycles. The van der Waals surface area contributed by atoms with E-state index < -0.39 is 20.7 Å². The summed E-state index contributed by atoms with van der Waals surface area (Å²) in [5, 5.41) is 9.76. The molecule has 0 saturated heterocycles. The molecular formula is C30H42O9Si. The Bertz CT molecular complexity index is 1080. The fourth-order valence-electron chi connectivity index (χ4n) is 4.20. The van der Waals surface area contributed by atoms with Gasteiger partial charge in [0.1, 0.15) is 5.75 Å². The molecule has 0 amide bonds. The van der Waals surface area contributed by atoms with E-state index in [1.165, 1.54) is 7.11 Å². The van der Waals surface area contributed by atoms with E-state index in [-0.39, 0.29) is 5.75 Å². The van der Waals surface area contributed by atoms with Crippen LogP contribution in [0.4, 0.5) is 0 Å². The number of carbonyl (C=O) groups is 2. The summed E-state index contributed by atoms with van der Waals surface area (Å²) in [5.74, 6) is -0.314. The third-order valence-corrected chi connectivity index (χ3v) is 9.25. The van der Waals surface area contributed by atoms with Crippen molar-refractivity contribution in [3.8, 4) is 17.2 Å². The van der Waals surface area contributed by atoms with Gasteiger partial charge in [0.25, 0.3) is 0 Å². The van der Waals surface area contributed by atoms with Crippen molar-refractivity contribution in [2.75, 3.05) is 34.0 Å². The summed E-state index contributed by atoms with van der Waals surface area (Å²) in [4.78, 5) is 24.5. The number of carboxylic acids is 1. The van der Waals surface area contributed by atoms with Gasteiger partial charge in [-0.2, -0.15) is 0 Å². The van der Waals surface area contributed by atoms with Crippen molar-refractivity contribution in [2.24, 2.45) is 0 Å². The van der Waals surface area contributed by atoms with Gasteiger partial charge in [0.05, 0.1) is 19.8 Å². The second-order valence-electron chi connectivity index (χ2n) is 8.90. The first-order valence-electron chi connectivity index (χ1n) is 13.7. The summed E-state index contributed by atoms with van der Waals surface area (Å²) >= 11 is 0. The minimum absolute atomic E-state index is 0.239. The van der Waals surface area contributed by atoms with E-state index in [4.69, 9.17) is 27.5 Å². The number of unbranched alkanes of at least 4 members (excludes halogenated alkanes) is 3. The standard InChI is InChI=1S/C30H42O9Si/c1-6-36-40(37-7-2,38-8-3)20-12-10-9-11-13-25(29(31)32)21-23-14-19-27(28(22-23)35-5)39-30(33)24-15-17-26(34-4)18-16-24/h14-19,21-22H,6-13,20H2,1-5H3,(H,31,32)/b25-21+. The number of carbonyl (C=O) groups excluding carboxylic acids is 1. The molecule has 2 rings (SSSR count). The molecule has 0 bridgehead atoms. The van der Waals surface area contributed by atoms with Crippen molar-refractivity contribution in [3.63, 3.8) is 0 Å². The summed E-state index contributed by atoms with van der Waals surface area (Å²) in [5.41, 5.74) is 1.30. The van der Waals surface area contributed by atoms with Crippen LogP contribution in [-0.2, 0) is 18.1 Å². The second-order valence-corrected chi connectivity index (χ2v) is 11.6. The number of carboxylic acid groups (broad SMARTS) is 1. The van der Waals surface area contributed by atoms with Crippen molar-refractivity contribution in [2.45, 2.75) is 58.9 Å². The molecule has 40 heavy (non-hydrogen) atoms. The van der Waals surface area contributed by atoms with Gasteiger partial charge in [0.2, 0.25) is 0 Å². The highest BCUT2D eigenvalue weighted by Gasteiger charge is 2.39. The molecule has 0 unspecified atom stereocenters. The summed E-state index contributed by atoms with van der Waals surface area (Å²) < 4.78 is 33.7. The smallest absolute Gasteiger partial charge is 0.497 e. The number of hydrogen-bond acceptors (Lipinski definition) is 8. The predicted octanol–water partition coefficient (Wildman–Crippen LogP) is 6.39. The largest absolute Gasteiger partial charge is 0.500 e. The van der Waals surface area contributed by atoms with Crippen LogP contribution in [-0.4, -0.2) is 59.9 Å². The second kappa shape index (κ2) is 17.5. The van der Waals surface area contributed by atoms with Gasteiger partial charge in [-0.1, -0.05) is 18.9 Å². The zero-order valence-corrected chi connectivity index (χ0v) is 25.2. The van der Waals surface area contributed by atoms with Crippen molar-refractivity contribution < 1.29 is 42.2 Å². The van der Waals surface area contributed by atoms with Crippen LogP contribution in [0.2, 0.25) is 6.04 Å². The first kappa shape index (κ1) is 33.0. The minimum Gasteiger partial charge on any atom is -0.497 e. The van der Waals surface area contributed by atoms with Gasteiger partial charge in [0.15, 0.2) is 11.5 Å². The Hall–Kier alpha value is -3.18. The lowest BCUT2D eigenvalue weighted by Gasteiger charge is -2.28. The van der Waals surface area contributed by atoms with E-state index in [0.29, 0.717) is 54.4 Å². The Kier molecular flexibility index (Phi) is 14.4. The third-order valence-electron chi connectivity index (χ3n) is 6.10. The summed E-state index contributed by atoms with van der Waals surface area (Å²) in [7, 11) is 0.365. The monoisotopic (exact) mass is 574 g/mol. The molecule has 9 nitrogen and oxygen atoms in total. The van der Waals surface area contributed by atoms with E-state index in [1.54, 1.807) is 55.7 Å². The van der Waals surface area contributed by atoms with Gasteiger partial charge < -0.3 is 32.6 Å². The van der Waals surface area contributed by atoms with Crippen molar-refractivity contribution in [1.29, 1.82) is 0 Å². The quantitative estimate of drug-likeness (QED) is 0.0671. The fraction of sp³-hybridized carbons (Fsp3) is 0.467. The molecule has 0 atom stereocenters. The van der Waals surface area contributed by atoms with Crippen LogP contribution in [0.1, 0.15) is 68.8 Å². The summed E-state index contributed by atoms with van der Waals surface area (Å²) in [6.07, 6.45) is 5.49. The van der Waals surface area contributed by atoms with Crippen LogP contribution in [0.25, 0.3) is 6.08 Å². The van der Waals surface area contributed by atoms with Gasteiger partial charge in [-0.05, 0) is 88.1 Å². The van der Waals surface area contributed by atoms with E-state index in [9.17, 15) is 14.7 Å². The highest BCUT2D eigenvalue weighted by molar-refractivity contribution is 6.60. The van der Waals surface area contributed by atoms with Crippen molar-refractivity contribution >= 4 is 26.8 Å². The van der Waals surface area contributed by atoms with Crippen LogP contribution in [0.5, 0.6) is 17.2 Å². The zero-order valence-electron chi connectivity index (χ0n) is 24.2. The molecular weight excluding hydrogens is 532 g/mol. The van der Waals surface area contributed by atoms with E-state index in [0.717, 1.165) is 31.7 Å². The molecule has 0 fully saturated rings. The minimum atomic E-state index is -2.65. The Morgan fingerprint density at radius 1 is 0.800 bits per heavy atom. The predicted molar refractivity (Wildman–Crippen MR) is 155 cm³/mol. The molecule has 0 heterocycles. The zero-order chi connectivity index (χ0) is 29.4. The van der Waals surface area contributed by atoms with Gasteiger partial charge in [-0.25, -0.2) is 9.59 Å². The Morgan fingerprint density at radius 2 is 1.43 bits per heavy atom. The molecule has 0 radical (unpaired) electrons. The first-order valence-corrected chi connectivity index (χ1v) is 15.6. The van der Waals surface area contributed by atoms with Gasteiger partial charge >= 0.3 is 20.7 Å². The van der Waals surface area contributed by atoms with Crippen molar-refractivity contribution in [1.82, 2.24) is 0 Å². The molecule has 0 aliphatic carbocycles. The molecule has 2 aromatic carbocycles. The van der Waals surface area contributed by atoms with E-state index in [2.05, 4.69) is 0 Å². The van der Waals surface area contributed by atoms with Gasteiger partial charge in [0, 0.05) is 31.4 Å². The van der Waals surface area contributed by atoms with Crippen LogP contribution in [0, 0.1) is 0 Å². The molecule has 0 aliphatic heterocycles. The number of hydrogen-bond donors (Lipinski definition) is 1. The van der Waals surface area contributed by atoms with Crippen LogP contribution < -0.4 is 14.2 Å². The molecule has 220 valence electrons. The molecule has 0 aliphatic rings. The van der Waals surface area contributed by atoms with Gasteiger partial charge in [-0.3, -0.25) is 0 Å². The number of benzene rings is 2. The SMILES string of the molecule is CCO[Si](CCCCCC/C(=C\c1ccc(OC(=O)c2ccc(OC)cc2)c(OC)c1)C(=O)O)(OCC)OCC. The highest BCUT2D eigenvalue weighted by atomic mass is 28.4. The number of ether oxygens (including phenoxy) is 3. The number of esters is 1. The summed E-state index contributed by atoms with van der Waals surface area (Å²) in [6, 6.07) is 12.3. The first-order chi connectivity index (χ1) is 19.3. The molecule has 2 aromatic rings. The summed E-state index contributed by atoms with van der Waals surface area (Å²) in [6.45, 7) is 7.48. The molecule has 0 saturated carbocycles. The average molecular weight is 575 g/mol. The maximum absolute atomic E-state index is 12.6. The third kappa shape index (κ3) is 10.4. The topological polar surface area (TPSA) is 110 Å². The number of aliphatic carboxylic acids is 1. The molecule has 10 heteroatoms. The maximum atomic E-state index is 12.6. The lowest BCUT2D eigenvalue weighted by Crippen LogP contribution is -2.45. The Balaban J connectivity index is 1.97. The highest BCUT2D eigenvalue weighted by Crippen LogP contribution is 2.30. The molecule has 0 spiro atoms. The Morgan fingerprint density at radius 3 is 1.98 bits per heavy atom. The normalized spacial score (nSPS) is 11.8. The van der Waals surface area contributed by atoms with Crippen LogP contribution >= 0.6 is 0 Å². The van der Waals surface area contributed by atoms with Crippen molar-refractivity contribution in [3.05, 3.63) is 59.2 Å². The molecule has 1 N–H and O–H groups in total. The fourth-order valence-corrected chi connectivity index (χ4v) is 6.88. The van der Waals surface area contributed by atoms with Gasteiger partial charge in [-0.15, -0.1) is 0 Å². The van der Waals surface area contributed by atoms with E-state index in [1.807, 2.05) is 20.8 Å². The van der Waals surface area contributed by atoms with Crippen LogP contribution in [0.15, 0.2) is 48.0 Å². The van der Waals surface area contributed by atoms with E-state index >= 15 is 0 Å². The number of rotatable bonds is 19. The number of methoxy groups -OCH3 is 2. The Labute approximate surface area is 238 Å². The lowest BCUT2D eigenvalue weighted by molar-refractivity contribution is -0.132.